The van der Waals surface area contributed by atoms with Gasteiger partial charge < -0.3 is 0 Å². The van der Waals surface area contributed by atoms with E-state index in [4.69, 9.17) is 0 Å². The summed E-state index contributed by atoms with van der Waals surface area (Å²) in [4.78, 5) is 0. The first-order valence-electron chi connectivity index (χ1n) is 4.39. The van der Waals surface area contributed by atoms with Gasteiger partial charge in [-0.3, -0.25) is 0 Å². The Labute approximate surface area is 74.4 Å². The maximum Gasteiger partial charge on any atom is -0.0443 e. The molecule has 0 saturated heterocycles. The van der Waals surface area contributed by atoms with E-state index in [1.807, 2.05) is 13.8 Å². The molecule has 0 heterocycles. The van der Waals surface area contributed by atoms with Crippen LogP contribution in [-0.2, 0) is 0 Å². The van der Waals surface area contributed by atoms with E-state index in [1.165, 1.54) is 32.1 Å². The third-order valence-corrected chi connectivity index (χ3v) is 1.89. The Kier molecular flexibility index (Phi) is 19.8. The molecule has 0 heteroatoms. The van der Waals surface area contributed by atoms with Crippen molar-refractivity contribution in [1.82, 2.24) is 0 Å². The standard InChI is InChI=1S/C7H14.C2H6.2CH4/c1-7-5-3-2-4-6-7;1-2;;/h7H,2-6H2,1H3;1-2H3;2*1H4. The molecule has 1 fully saturated rings. The predicted molar refractivity (Wildman–Crippen MR) is 57.1 cm³/mol. The second-order valence-corrected chi connectivity index (χ2v) is 2.74. The van der Waals surface area contributed by atoms with Crippen molar-refractivity contribution in [2.45, 2.75) is 67.7 Å². The Morgan fingerprint density at radius 1 is 0.818 bits per heavy atom. The zero-order chi connectivity index (χ0) is 7.11. The van der Waals surface area contributed by atoms with Crippen LogP contribution in [0, 0.1) is 5.92 Å². The van der Waals surface area contributed by atoms with Crippen LogP contribution in [0.1, 0.15) is 67.7 Å². The molecule has 1 saturated carbocycles. The summed E-state index contributed by atoms with van der Waals surface area (Å²) in [7, 11) is 0. The van der Waals surface area contributed by atoms with Gasteiger partial charge >= 0.3 is 0 Å². The van der Waals surface area contributed by atoms with E-state index in [1.54, 1.807) is 0 Å². The van der Waals surface area contributed by atoms with E-state index in [9.17, 15) is 0 Å². The fraction of sp³-hybridized carbons (Fsp3) is 1.00. The summed E-state index contributed by atoms with van der Waals surface area (Å²) in [6.45, 7) is 6.36. The molecule has 0 radical (unpaired) electrons. The molecule has 1 rings (SSSR count). The van der Waals surface area contributed by atoms with Gasteiger partial charge in [-0.1, -0.05) is 67.7 Å². The van der Waals surface area contributed by atoms with Gasteiger partial charge in [-0.15, -0.1) is 0 Å². The van der Waals surface area contributed by atoms with Crippen molar-refractivity contribution >= 4 is 0 Å². The molecule has 0 aromatic rings. The molecule has 0 bridgehead atoms. The van der Waals surface area contributed by atoms with Crippen LogP contribution >= 0.6 is 0 Å². The summed E-state index contributed by atoms with van der Waals surface area (Å²) >= 11 is 0. The number of hydrogen-bond acceptors (Lipinski definition) is 0. The van der Waals surface area contributed by atoms with Gasteiger partial charge in [-0.25, -0.2) is 0 Å². The van der Waals surface area contributed by atoms with Crippen LogP contribution in [0.4, 0.5) is 0 Å². The van der Waals surface area contributed by atoms with Crippen LogP contribution in [0.5, 0.6) is 0 Å². The summed E-state index contributed by atoms with van der Waals surface area (Å²) in [5.74, 6) is 1.04. The third kappa shape index (κ3) is 10.0. The lowest BCUT2D eigenvalue weighted by Gasteiger charge is -2.15. The fourth-order valence-corrected chi connectivity index (χ4v) is 1.31. The minimum atomic E-state index is 0. The zero-order valence-corrected chi connectivity index (χ0v) is 7.11. The minimum Gasteiger partial charge on any atom is -0.0776 e. The Bertz CT molecular complexity index is 42.0. The van der Waals surface area contributed by atoms with Crippen molar-refractivity contribution in [3.05, 3.63) is 0 Å². The molecule has 0 amide bonds. The lowest BCUT2D eigenvalue weighted by molar-refractivity contribution is 0.385. The van der Waals surface area contributed by atoms with Crippen molar-refractivity contribution in [3.63, 3.8) is 0 Å². The van der Waals surface area contributed by atoms with Crippen molar-refractivity contribution in [2.24, 2.45) is 5.92 Å². The van der Waals surface area contributed by atoms with E-state index in [2.05, 4.69) is 6.92 Å². The van der Waals surface area contributed by atoms with Gasteiger partial charge in [0.2, 0.25) is 0 Å². The van der Waals surface area contributed by atoms with E-state index in [0.717, 1.165) is 5.92 Å². The molecular formula is C11H28. The largest absolute Gasteiger partial charge is 0.0776 e. The molecule has 11 heavy (non-hydrogen) atoms. The van der Waals surface area contributed by atoms with Crippen molar-refractivity contribution < 1.29 is 0 Å². The van der Waals surface area contributed by atoms with Crippen LogP contribution in [-0.4, -0.2) is 0 Å². The highest BCUT2D eigenvalue weighted by Gasteiger charge is 2.05. The smallest absolute Gasteiger partial charge is 0.0443 e. The molecule has 0 aromatic carbocycles. The Morgan fingerprint density at radius 2 is 1.18 bits per heavy atom. The van der Waals surface area contributed by atoms with Gasteiger partial charge in [0.25, 0.3) is 0 Å². The highest BCUT2D eigenvalue weighted by molar-refractivity contribution is 4.59. The average molecular weight is 160 g/mol. The molecule has 0 aromatic heterocycles. The first-order chi connectivity index (χ1) is 4.39. The Morgan fingerprint density at radius 3 is 1.36 bits per heavy atom. The molecule has 1 aliphatic rings. The lowest BCUT2D eigenvalue weighted by Crippen LogP contribution is -1.99. The molecule has 72 valence electrons. The van der Waals surface area contributed by atoms with Crippen LogP contribution < -0.4 is 0 Å². The van der Waals surface area contributed by atoms with Crippen LogP contribution in [0.15, 0.2) is 0 Å². The monoisotopic (exact) mass is 160 g/mol. The second kappa shape index (κ2) is 12.7. The van der Waals surface area contributed by atoms with E-state index in [0.29, 0.717) is 0 Å². The van der Waals surface area contributed by atoms with Gasteiger partial charge in [0.1, 0.15) is 0 Å². The Balaban J connectivity index is -0.000000149. The van der Waals surface area contributed by atoms with Crippen molar-refractivity contribution in [3.8, 4) is 0 Å². The fourth-order valence-electron chi connectivity index (χ4n) is 1.31. The SMILES string of the molecule is C.C.CC.CC1CCCCC1. The molecule has 0 unspecified atom stereocenters. The van der Waals surface area contributed by atoms with Crippen molar-refractivity contribution in [1.29, 1.82) is 0 Å². The number of rotatable bonds is 0. The maximum absolute atomic E-state index is 2.36. The van der Waals surface area contributed by atoms with E-state index < -0.39 is 0 Å². The first kappa shape index (κ1) is 17.2. The third-order valence-electron chi connectivity index (χ3n) is 1.89. The van der Waals surface area contributed by atoms with Crippen LogP contribution in [0.2, 0.25) is 0 Å². The number of hydrogen-bond donors (Lipinski definition) is 0. The summed E-state index contributed by atoms with van der Waals surface area (Å²) in [6.07, 6.45) is 7.44. The van der Waals surface area contributed by atoms with E-state index in [-0.39, 0.29) is 14.9 Å². The van der Waals surface area contributed by atoms with Gasteiger partial charge in [0.05, 0.1) is 0 Å². The summed E-state index contributed by atoms with van der Waals surface area (Å²) in [5, 5.41) is 0. The average Bonchev–Trinajstić information content (AvgIpc) is 1.94. The lowest BCUT2D eigenvalue weighted by atomic mass is 9.91. The highest BCUT2D eigenvalue weighted by atomic mass is 14.1. The molecule has 0 spiro atoms. The van der Waals surface area contributed by atoms with Crippen molar-refractivity contribution in [2.75, 3.05) is 0 Å². The molecule has 0 nitrogen and oxygen atoms in total. The normalized spacial score (nSPS) is 16.6. The van der Waals surface area contributed by atoms with Gasteiger partial charge in [-0.2, -0.15) is 0 Å². The highest BCUT2D eigenvalue weighted by Crippen LogP contribution is 2.21. The molecular weight excluding hydrogens is 132 g/mol. The Hall–Kier alpha value is 0. The topological polar surface area (TPSA) is 0 Å². The van der Waals surface area contributed by atoms with Crippen LogP contribution in [0.25, 0.3) is 0 Å². The van der Waals surface area contributed by atoms with Crippen LogP contribution in [0.3, 0.4) is 0 Å². The summed E-state index contributed by atoms with van der Waals surface area (Å²) in [6, 6.07) is 0. The first-order valence-corrected chi connectivity index (χ1v) is 4.39. The van der Waals surface area contributed by atoms with E-state index >= 15 is 0 Å². The summed E-state index contributed by atoms with van der Waals surface area (Å²) in [5.41, 5.74) is 0. The maximum atomic E-state index is 2.36. The van der Waals surface area contributed by atoms with Gasteiger partial charge in [0, 0.05) is 0 Å². The quantitative estimate of drug-likeness (QED) is 0.473. The molecule has 1 aliphatic carbocycles. The minimum absolute atomic E-state index is 0. The predicted octanol–water partition coefficient (Wildman–Crippen LogP) is 4.89. The second-order valence-electron chi connectivity index (χ2n) is 2.74. The van der Waals surface area contributed by atoms with Gasteiger partial charge in [-0.05, 0) is 5.92 Å². The molecule has 0 atom stereocenters. The van der Waals surface area contributed by atoms with Gasteiger partial charge in [0.15, 0.2) is 0 Å². The summed E-state index contributed by atoms with van der Waals surface area (Å²) < 4.78 is 0. The molecule has 0 N–H and O–H groups in total. The molecule has 0 aliphatic heterocycles. The zero-order valence-electron chi connectivity index (χ0n) is 7.11.